The lowest BCUT2D eigenvalue weighted by Gasteiger charge is -2.15. The molecule has 1 saturated heterocycles. The molecule has 1 amide bonds. The predicted octanol–water partition coefficient (Wildman–Crippen LogP) is 0.652. The van der Waals surface area contributed by atoms with Crippen molar-refractivity contribution in [2.75, 3.05) is 13.1 Å². The summed E-state index contributed by atoms with van der Waals surface area (Å²) in [7, 11) is 0. The summed E-state index contributed by atoms with van der Waals surface area (Å²) in [4.78, 5) is 20.7. The van der Waals surface area contributed by atoms with E-state index in [2.05, 4.69) is 9.97 Å². The molecule has 1 aromatic heterocycles. The highest BCUT2D eigenvalue weighted by molar-refractivity contribution is 5.91. The lowest BCUT2D eigenvalue weighted by molar-refractivity contribution is -0.125. The van der Waals surface area contributed by atoms with Crippen LogP contribution in [0, 0.1) is 11.8 Å². The van der Waals surface area contributed by atoms with Gasteiger partial charge in [0, 0.05) is 19.2 Å². The molecular formula is C13H17N3O2. The van der Waals surface area contributed by atoms with Crippen molar-refractivity contribution in [2.24, 2.45) is 11.8 Å². The van der Waals surface area contributed by atoms with E-state index in [9.17, 15) is 9.90 Å². The Hall–Kier alpha value is -1.62. The number of hydrogen-bond acceptors (Lipinski definition) is 3. The number of imidazole rings is 1. The van der Waals surface area contributed by atoms with Crippen molar-refractivity contribution in [1.82, 2.24) is 14.9 Å². The molecule has 0 bridgehead atoms. The zero-order valence-corrected chi connectivity index (χ0v) is 10.1. The maximum absolute atomic E-state index is 12.0. The molecule has 3 atom stereocenters. The van der Waals surface area contributed by atoms with Crippen molar-refractivity contribution in [3.63, 3.8) is 0 Å². The number of aliphatic hydroxyl groups is 1. The first kappa shape index (κ1) is 11.5. The van der Waals surface area contributed by atoms with Crippen molar-refractivity contribution in [1.29, 1.82) is 0 Å². The molecule has 1 saturated carbocycles. The van der Waals surface area contributed by atoms with Crippen LogP contribution < -0.4 is 0 Å². The van der Waals surface area contributed by atoms with Crippen molar-refractivity contribution >= 4 is 12.0 Å². The van der Waals surface area contributed by atoms with E-state index in [0.717, 1.165) is 31.6 Å². The van der Waals surface area contributed by atoms with Gasteiger partial charge in [-0.15, -0.1) is 0 Å². The summed E-state index contributed by atoms with van der Waals surface area (Å²) < 4.78 is 0. The first-order valence-corrected chi connectivity index (χ1v) is 6.36. The zero-order chi connectivity index (χ0) is 12.5. The van der Waals surface area contributed by atoms with Gasteiger partial charge in [-0.05, 0) is 30.8 Å². The van der Waals surface area contributed by atoms with Gasteiger partial charge in [-0.1, -0.05) is 0 Å². The molecule has 96 valence electrons. The number of amides is 1. The molecule has 0 aromatic carbocycles. The second kappa shape index (κ2) is 4.57. The highest BCUT2D eigenvalue weighted by Gasteiger charge is 2.41. The molecule has 5 nitrogen and oxygen atoms in total. The number of likely N-dealkylation sites (tertiary alicyclic amines) is 1. The third-order valence-corrected chi connectivity index (χ3v) is 3.96. The Balaban J connectivity index is 1.59. The Morgan fingerprint density at radius 3 is 2.78 bits per heavy atom. The molecule has 2 aliphatic rings. The van der Waals surface area contributed by atoms with E-state index in [-0.39, 0.29) is 12.0 Å². The van der Waals surface area contributed by atoms with Crippen LogP contribution in [0.5, 0.6) is 0 Å². The van der Waals surface area contributed by atoms with Gasteiger partial charge in [0.05, 0.1) is 24.3 Å². The van der Waals surface area contributed by atoms with Crippen LogP contribution in [0.4, 0.5) is 0 Å². The lowest BCUT2D eigenvalue weighted by atomic mass is 10.0. The summed E-state index contributed by atoms with van der Waals surface area (Å²) in [6.45, 7) is 1.57. The minimum Gasteiger partial charge on any atom is -0.393 e. The molecule has 1 aromatic rings. The predicted molar refractivity (Wildman–Crippen MR) is 66.4 cm³/mol. The van der Waals surface area contributed by atoms with Crippen molar-refractivity contribution in [2.45, 2.75) is 18.9 Å². The second-order valence-electron chi connectivity index (χ2n) is 5.23. The normalized spacial score (nSPS) is 31.2. The average Bonchev–Trinajstić information content (AvgIpc) is 3.00. The summed E-state index contributed by atoms with van der Waals surface area (Å²) in [5.41, 5.74) is 0.832. The number of carbonyl (C=O) groups is 1. The van der Waals surface area contributed by atoms with Crippen LogP contribution in [0.15, 0.2) is 18.6 Å². The number of aliphatic hydroxyl groups excluding tert-OH is 1. The molecule has 3 rings (SSSR count). The molecule has 1 aliphatic carbocycles. The third-order valence-electron chi connectivity index (χ3n) is 3.96. The zero-order valence-electron chi connectivity index (χ0n) is 10.1. The Kier molecular flexibility index (Phi) is 2.91. The lowest BCUT2D eigenvalue weighted by Crippen LogP contribution is -2.28. The number of fused-ring (bicyclic) bond motifs is 1. The van der Waals surface area contributed by atoms with Crippen LogP contribution in [0.25, 0.3) is 6.08 Å². The van der Waals surface area contributed by atoms with E-state index < -0.39 is 0 Å². The number of hydrogen-bond donors (Lipinski definition) is 2. The quantitative estimate of drug-likeness (QED) is 0.754. The van der Waals surface area contributed by atoms with E-state index in [4.69, 9.17) is 0 Å². The van der Waals surface area contributed by atoms with Crippen molar-refractivity contribution in [3.8, 4) is 0 Å². The maximum atomic E-state index is 12.0. The van der Waals surface area contributed by atoms with E-state index in [1.165, 1.54) is 0 Å². The number of aromatic amines is 1. The van der Waals surface area contributed by atoms with Crippen molar-refractivity contribution < 1.29 is 9.90 Å². The average molecular weight is 247 g/mol. The third kappa shape index (κ3) is 2.18. The Labute approximate surface area is 106 Å². The number of nitrogens with one attached hydrogen (secondary N) is 1. The number of nitrogens with zero attached hydrogens (tertiary/aromatic N) is 2. The first-order chi connectivity index (χ1) is 8.72. The molecule has 1 aliphatic heterocycles. The van der Waals surface area contributed by atoms with E-state index in [1.54, 1.807) is 24.7 Å². The summed E-state index contributed by atoms with van der Waals surface area (Å²) in [6, 6.07) is 0. The van der Waals surface area contributed by atoms with Gasteiger partial charge in [0.15, 0.2) is 0 Å². The van der Waals surface area contributed by atoms with Gasteiger partial charge in [-0.25, -0.2) is 4.98 Å². The number of H-pyrrole nitrogens is 1. The minimum atomic E-state index is -0.155. The molecule has 1 unspecified atom stereocenters. The van der Waals surface area contributed by atoms with E-state index in [0.29, 0.717) is 11.8 Å². The molecule has 18 heavy (non-hydrogen) atoms. The monoisotopic (exact) mass is 247 g/mol. The molecule has 2 heterocycles. The van der Waals surface area contributed by atoms with Gasteiger partial charge in [0.1, 0.15) is 0 Å². The van der Waals surface area contributed by atoms with E-state index >= 15 is 0 Å². The topological polar surface area (TPSA) is 69.2 Å². The molecule has 2 N–H and O–H groups in total. The molecule has 5 heteroatoms. The highest BCUT2D eigenvalue weighted by Crippen LogP contribution is 2.37. The van der Waals surface area contributed by atoms with Crippen LogP contribution in [0.1, 0.15) is 18.5 Å². The largest absolute Gasteiger partial charge is 0.393 e. The summed E-state index contributed by atoms with van der Waals surface area (Å²) in [5.74, 6) is 1.03. The summed E-state index contributed by atoms with van der Waals surface area (Å²) >= 11 is 0. The number of carbonyl (C=O) groups excluding carboxylic acids is 1. The standard InChI is InChI=1S/C13H17N3O2/c17-12-3-9-6-16(7-10(9)4-12)13(18)2-1-11-5-14-8-15-11/h1-2,5,8-10,12,17H,3-4,6-7H2,(H,14,15)/b2-1+/t9-,10+,12?. The van der Waals surface area contributed by atoms with Gasteiger partial charge in [0.2, 0.25) is 5.91 Å². The molecule has 2 fully saturated rings. The van der Waals surface area contributed by atoms with Crippen molar-refractivity contribution in [3.05, 3.63) is 24.3 Å². The Bertz CT molecular complexity index is 441. The molecule has 0 spiro atoms. The number of aromatic nitrogens is 2. The minimum absolute atomic E-state index is 0.0495. The smallest absolute Gasteiger partial charge is 0.246 e. The molecular weight excluding hydrogens is 230 g/mol. The molecule has 0 radical (unpaired) electrons. The van der Waals surface area contributed by atoms with Gasteiger partial charge in [-0.3, -0.25) is 4.79 Å². The Morgan fingerprint density at radius 2 is 2.17 bits per heavy atom. The maximum Gasteiger partial charge on any atom is 0.246 e. The van der Waals surface area contributed by atoms with Crippen LogP contribution in [-0.4, -0.2) is 45.1 Å². The van der Waals surface area contributed by atoms with Crippen LogP contribution in [-0.2, 0) is 4.79 Å². The van der Waals surface area contributed by atoms with Gasteiger partial charge in [0.25, 0.3) is 0 Å². The second-order valence-corrected chi connectivity index (χ2v) is 5.23. The first-order valence-electron chi connectivity index (χ1n) is 6.36. The van der Waals surface area contributed by atoms with Gasteiger partial charge in [-0.2, -0.15) is 0 Å². The van der Waals surface area contributed by atoms with Crippen LogP contribution >= 0.6 is 0 Å². The van der Waals surface area contributed by atoms with Gasteiger partial charge >= 0.3 is 0 Å². The SMILES string of the molecule is O=C(/C=C/c1cnc[nH]1)N1C[C@H]2CC(O)C[C@H]2C1. The summed E-state index contributed by atoms with van der Waals surface area (Å²) in [6.07, 6.45) is 8.14. The van der Waals surface area contributed by atoms with Crippen LogP contribution in [0.3, 0.4) is 0 Å². The van der Waals surface area contributed by atoms with Crippen LogP contribution in [0.2, 0.25) is 0 Å². The fourth-order valence-electron chi connectivity index (χ4n) is 3.07. The number of rotatable bonds is 2. The Morgan fingerprint density at radius 1 is 1.44 bits per heavy atom. The summed E-state index contributed by atoms with van der Waals surface area (Å²) in [5, 5.41) is 9.56. The highest BCUT2D eigenvalue weighted by atomic mass is 16.3. The van der Waals surface area contributed by atoms with Gasteiger partial charge < -0.3 is 15.0 Å². The fourth-order valence-corrected chi connectivity index (χ4v) is 3.07. The fraction of sp³-hybridized carbons (Fsp3) is 0.538. The van der Waals surface area contributed by atoms with E-state index in [1.807, 2.05) is 4.90 Å².